The monoisotopic (exact) mass is 336 g/mol. The molecule has 2 aliphatic rings. The Hall–Kier alpha value is -1.37. The Morgan fingerprint density at radius 3 is 2.83 bits per heavy atom. The SMILES string of the molecule is Cc1ccc([C@H](CNC(=O)CC[C@@H]2CCCO2)N2CCOCC2)o1. The van der Waals surface area contributed by atoms with Crippen molar-refractivity contribution >= 4 is 5.91 Å². The molecule has 0 spiro atoms. The van der Waals surface area contributed by atoms with Gasteiger partial charge in [-0.2, -0.15) is 0 Å². The lowest BCUT2D eigenvalue weighted by Gasteiger charge is -2.33. The van der Waals surface area contributed by atoms with Crippen molar-refractivity contribution < 1.29 is 18.7 Å². The van der Waals surface area contributed by atoms with Gasteiger partial charge in [-0.1, -0.05) is 0 Å². The van der Waals surface area contributed by atoms with Crippen molar-refractivity contribution in [2.75, 3.05) is 39.5 Å². The Morgan fingerprint density at radius 1 is 1.33 bits per heavy atom. The van der Waals surface area contributed by atoms with Gasteiger partial charge < -0.3 is 19.2 Å². The normalized spacial score (nSPS) is 23.3. The fourth-order valence-corrected chi connectivity index (χ4v) is 3.39. The maximum atomic E-state index is 12.2. The topological polar surface area (TPSA) is 63.9 Å². The summed E-state index contributed by atoms with van der Waals surface area (Å²) in [7, 11) is 0. The molecule has 6 heteroatoms. The van der Waals surface area contributed by atoms with Gasteiger partial charge in [-0.05, 0) is 38.3 Å². The predicted octanol–water partition coefficient (Wildman–Crippen LogP) is 2.04. The molecule has 2 aliphatic heterocycles. The fraction of sp³-hybridized carbons (Fsp3) is 0.722. The maximum absolute atomic E-state index is 12.2. The summed E-state index contributed by atoms with van der Waals surface area (Å²) in [4.78, 5) is 14.5. The zero-order chi connectivity index (χ0) is 16.8. The van der Waals surface area contributed by atoms with E-state index in [1.165, 1.54) is 0 Å². The van der Waals surface area contributed by atoms with Crippen LogP contribution in [0.25, 0.3) is 0 Å². The summed E-state index contributed by atoms with van der Waals surface area (Å²) >= 11 is 0. The molecule has 0 bridgehead atoms. The van der Waals surface area contributed by atoms with E-state index in [4.69, 9.17) is 13.9 Å². The van der Waals surface area contributed by atoms with Crippen LogP contribution in [0.4, 0.5) is 0 Å². The van der Waals surface area contributed by atoms with Crippen molar-refractivity contribution in [3.05, 3.63) is 23.7 Å². The van der Waals surface area contributed by atoms with Crippen LogP contribution in [0.2, 0.25) is 0 Å². The van der Waals surface area contributed by atoms with Crippen LogP contribution in [0.5, 0.6) is 0 Å². The maximum Gasteiger partial charge on any atom is 0.220 e. The first-order valence-electron chi connectivity index (χ1n) is 8.99. The van der Waals surface area contributed by atoms with Crippen LogP contribution in [-0.2, 0) is 14.3 Å². The van der Waals surface area contributed by atoms with E-state index in [1.54, 1.807) is 0 Å². The van der Waals surface area contributed by atoms with Crippen LogP contribution in [0.1, 0.15) is 43.2 Å². The van der Waals surface area contributed by atoms with Gasteiger partial charge in [0, 0.05) is 32.7 Å². The number of amides is 1. The second-order valence-corrected chi connectivity index (χ2v) is 6.59. The number of ether oxygens (including phenoxy) is 2. The summed E-state index contributed by atoms with van der Waals surface area (Å²) in [6.07, 6.45) is 3.79. The summed E-state index contributed by atoms with van der Waals surface area (Å²) < 4.78 is 16.8. The van der Waals surface area contributed by atoms with E-state index < -0.39 is 0 Å². The zero-order valence-electron chi connectivity index (χ0n) is 14.5. The molecule has 1 amide bonds. The molecule has 2 fully saturated rings. The van der Waals surface area contributed by atoms with E-state index in [9.17, 15) is 4.79 Å². The second-order valence-electron chi connectivity index (χ2n) is 6.59. The molecule has 2 saturated heterocycles. The molecule has 1 N–H and O–H groups in total. The number of carbonyl (C=O) groups excluding carboxylic acids is 1. The van der Waals surface area contributed by atoms with Gasteiger partial charge in [-0.15, -0.1) is 0 Å². The van der Waals surface area contributed by atoms with Crippen LogP contribution in [0, 0.1) is 6.92 Å². The number of carbonyl (C=O) groups is 1. The Balaban J connectivity index is 1.52. The number of hydrogen-bond acceptors (Lipinski definition) is 5. The van der Waals surface area contributed by atoms with E-state index >= 15 is 0 Å². The Bertz CT molecular complexity index is 519. The van der Waals surface area contributed by atoms with Gasteiger partial charge in [0.1, 0.15) is 11.5 Å². The van der Waals surface area contributed by atoms with Gasteiger partial charge in [-0.3, -0.25) is 9.69 Å². The van der Waals surface area contributed by atoms with Crippen molar-refractivity contribution in [2.45, 2.75) is 44.8 Å². The van der Waals surface area contributed by atoms with Gasteiger partial charge in [0.05, 0.1) is 25.4 Å². The third-order valence-corrected chi connectivity index (χ3v) is 4.79. The highest BCUT2D eigenvalue weighted by atomic mass is 16.5. The smallest absolute Gasteiger partial charge is 0.220 e. The number of hydrogen-bond donors (Lipinski definition) is 1. The first-order chi connectivity index (χ1) is 11.7. The minimum atomic E-state index is 0.0641. The molecule has 3 heterocycles. The van der Waals surface area contributed by atoms with Crippen molar-refractivity contribution in [2.24, 2.45) is 0 Å². The number of furan rings is 1. The van der Waals surface area contributed by atoms with Gasteiger partial charge in [-0.25, -0.2) is 0 Å². The van der Waals surface area contributed by atoms with Crippen molar-refractivity contribution in [3.8, 4) is 0 Å². The van der Waals surface area contributed by atoms with Crippen LogP contribution in [0.3, 0.4) is 0 Å². The highest BCUT2D eigenvalue weighted by molar-refractivity contribution is 5.75. The summed E-state index contributed by atoms with van der Waals surface area (Å²) in [6.45, 7) is 6.51. The van der Waals surface area contributed by atoms with Crippen LogP contribution >= 0.6 is 0 Å². The molecule has 3 rings (SSSR count). The highest BCUT2D eigenvalue weighted by Crippen LogP contribution is 2.23. The van der Waals surface area contributed by atoms with Crippen LogP contribution < -0.4 is 5.32 Å². The minimum absolute atomic E-state index is 0.0641. The molecular formula is C18H28N2O4. The van der Waals surface area contributed by atoms with Gasteiger partial charge in [0.2, 0.25) is 5.91 Å². The van der Waals surface area contributed by atoms with E-state index in [0.717, 1.165) is 63.7 Å². The molecular weight excluding hydrogens is 308 g/mol. The number of nitrogens with one attached hydrogen (secondary N) is 1. The standard InChI is InChI=1S/C18H28N2O4/c1-14-4-6-17(24-14)16(20-8-11-22-12-9-20)13-19-18(21)7-5-15-3-2-10-23-15/h4,6,15-16H,2-3,5,7-13H2,1H3,(H,19,21)/t15-,16-/m0/s1. The summed E-state index contributed by atoms with van der Waals surface area (Å²) in [6, 6.07) is 4.05. The number of nitrogens with zero attached hydrogens (tertiary/aromatic N) is 1. The fourth-order valence-electron chi connectivity index (χ4n) is 3.39. The van der Waals surface area contributed by atoms with E-state index in [1.807, 2.05) is 19.1 Å². The number of rotatable bonds is 7. The molecule has 0 aromatic carbocycles. The minimum Gasteiger partial charge on any atom is -0.465 e. The van der Waals surface area contributed by atoms with Crippen molar-refractivity contribution in [1.29, 1.82) is 0 Å². The van der Waals surface area contributed by atoms with Gasteiger partial charge in [0.25, 0.3) is 0 Å². The quantitative estimate of drug-likeness (QED) is 0.825. The third kappa shape index (κ3) is 4.82. The first kappa shape index (κ1) is 17.5. The Kier molecular flexibility index (Phi) is 6.29. The number of aryl methyl sites for hydroxylation is 1. The average molecular weight is 336 g/mol. The molecule has 1 aromatic rings. The largest absolute Gasteiger partial charge is 0.465 e. The molecule has 6 nitrogen and oxygen atoms in total. The molecule has 0 aliphatic carbocycles. The van der Waals surface area contributed by atoms with E-state index in [2.05, 4.69) is 10.2 Å². The van der Waals surface area contributed by atoms with Crippen LogP contribution in [0.15, 0.2) is 16.5 Å². The van der Waals surface area contributed by atoms with Gasteiger partial charge >= 0.3 is 0 Å². The summed E-state index contributed by atoms with van der Waals surface area (Å²) in [5, 5.41) is 3.07. The zero-order valence-corrected chi connectivity index (χ0v) is 14.5. The predicted molar refractivity (Wildman–Crippen MR) is 89.8 cm³/mol. The molecule has 2 atom stereocenters. The molecule has 1 aromatic heterocycles. The van der Waals surface area contributed by atoms with E-state index in [0.29, 0.717) is 13.0 Å². The molecule has 0 unspecified atom stereocenters. The highest BCUT2D eigenvalue weighted by Gasteiger charge is 2.26. The Morgan fingerprint density at radius 2 is 2.17 bits per heavy atom. The van der Waals surface area contributed by atoms with Crippen molar-refractivity contribution in [3.63, 3.8) is 0 Å². The lowest BCUT2D eigenvalue weighted by atomic mass is 10.1. The Labute approximate surface area is 143 Å². The lowest BCUT2D eigenvalue weighted by Crippen LogP contribution is -2.43. The third-order valence-electron chi connectivity index (χ3n) is 4.79. The molecule has 0 radical (unpaired) electrons. The molecule has 134 valence electrons. The van der Waals surface area contributed by atoms with Crippen LogP contribution in [-0.4, -0.2) is 56.4 Å². The molecule has 0 saturated carbocycles. The lowest BCUT2D eigenvalue weighted by molar-refractivity contribution is -0.122. The van der Waals surface area contributed by atoms with Gasteiger partial charge in [0.15, 0.2) is 0 Å². The number of morpholine rings is 1. The van der Waals surface area contributed by atoms with Crippen molar-refractivity contribution in [1.82, 2.24) is 10.2 Å². The second kappa shape index (κ2) is 8.65. The summed E-state index contributed by atoms with van der Waals surface area (Å²) in [5.74, 6) is 1.90. The molecule has 24 heavy (non-hydrogen) atoms. The first-order valence-corrected chi connectivity index (χ1v) is 8.99. The summed E-state index contributed by atoms with van der Waals surface area (Å²) in [5.41, 5.74) is 0. The van der Waals surface area contributed by atoms with E-state index in [-0.39, 0.29) is 18.1 Å². The average Bonchev–Trinajstić information content (AvgIpc) is 3.26.